The van der Waals surface area contributed by atoms with E-state index in [9.17, 15) is 0 Å². The standard InChI is InChI=1S/C19H36N2OSi/c1-19(15-20(2)3,16-21(4)5)17-23(7,22-6)14-13-18-11-9-8-10-12-18/h8-12H,13-17H2,1-7H3. The van der Waals surface area contributed by atoms with Gasteiger partial charge in [0.15, 0.2) is 8.32 Å². The lowest BCUT2D eigenvalue weighted by Gasteiger charge is -2.40. The largest absolute Gasteiger partial charge is 0.420 e. The molecule has 0 radical (unpaired) electrons. The van der Waals surface area contributed by atoms with Crippen molar-refractivity contribution in [3.8, 4) is 0 Å². The topological polar surface area (TPSA) is 15.7 Å². The van der Waals surface area contributed by atoms with Gasteiger partial charge in [-0.3, -0.25) is 0 Å². The average Bonchev–Trinajstić information content (AvgIpc) is 2.44. The summed E-state index contributed by atoms with van der Waals surface area (Å²) in [5.41, 5.74) is 1.69. The summed E-state index contributed by atoms with van der Waals surface area (Å²) in [4.78, 5) is 4.62. The predicted octanol–water partition coefficient (Wildman–Crippen LogP) is 3.58. The van der Waals surface area contributed by atoms with Crippen LogP contribution in [-0.4, -0.2) is 66.5 Å². The molecule has 0 amide bonds. The molecule has 0 aromatic heterocycles. The van der Waals surface area contributed by atoms with Crippen LogP contribution in [0.2, 0.25) is 18.6 Å². The van der Waals surface area contributed by atoms with Gasteiger partial charge < -0.3 is 14.2 Å². The third-order valence-electron chi connectivity index (χ3n) is 4.47. The third kappa shape index (κ3) is 7.62. The first-order valence-corrected chi connectivity index (χ1v) is 11.4. The van der Waals surface area contributed by atoms with Crippen LogP contribution in [0.25, 0.3) is 0 Å². The van der Waals surface area contributed by atoms with Gasteiger partial charge in [-0.25, -0.2) is 0 Å². The molecule has 0 heterocycles. The van der Waals surface area contributed by atoms with Gasteiger partial charge in [-0.1, -0.05) is 37.3 Å². The van der Waals surface area contributed by atoms with Crippen LogP contribution in [0.3, 0.4) is 0 Å². The van der Waals surface area contributed by atoms with Gasteiger partial charge in [0.05, 0.1) is 0 Å². The molecule has 0 aliphatic heterocycles. The number of hydrogen-bond donors (Lipinski definition) is 0. The molecular formula is C19H36N2OSi. The minimum Gasteiger partial charge on any atom is -0.420 e. The fourth-order valence-electron chi connectivity index (χ4n) is 3.91. The quantitative estimate of drug-likeness (QED) is 0.607. The van der Waals surface area contributed by atoms with Crippen molar-refractivity contribution in [2.24, 2.45) is 5.41 Å². The maximum absolute atomic E-state index is 6.12. The second-order valence-electron chi connectivity index (χ2n) is 8.10. The lowest BCUT2D eigenvalue weighted by Crippen LogP contribution is -2.47. The second kappa shape index (κ2) is 8.97. The summed E-state index contributed by atoms with van der Waals surface area (Å²) in [6.45, 7) is 7.02. The Labute approximate surface area is 144 Å². The van der Waals surface area contributed by atoms with Crippen molar-refractivity contribution < 1.29 is 4.43 Å². The number of hydrogen-bond acceptors (Lipinski definition) is 3. The molecule has 3 nitrogen and oxygen atoms in total. The molecule has 0 bridgehead atoms. The van der Waals surface area contributed by atoms with Gasteiger partial charge in [0.25, 0.3) is 0 Å². The van der Waals surface area contributed by atoms with E-state index in [1.54, 1.807) is 0 Å². The SMILES string of the molecule is CO[Si](C)(CCc1ccccc1)CC(C)(CN(C)C)CN(C)C. The lowest BCUT2D eigenvalue weighted by molar-refractivity contribution is 0.173. The molecule has 0 N–H and O–H groups in total. The van der Waals surface area contributed by atoms with Crippen LogP contribution in [0.1, 0.15) is 12.5 Å². The van der Waals surface area contributed by atoms with Gasteiger partial charge in [-0.15, -0.1) is 0 Å². The summed E-state index contributed by atoms with van der Waals surface area (Å²) in [5, 5.41) is 0. The first-order chi connectivity index (χ1) is 10.7. The van der Waals surface area contributed by atoms with Crippen LogP contribution in [0.5, 0.6) is 0 Å². The van der Waals surface area contributed by atoms with Crippen molar-refractivity contribution in [1.82, 2.24) is 9.80 Å². The summed E-state index contributed by atoms with van der Waals surface area (Å²) in [7, 11) is 8.87. The summed E-state index contributed by atoms with van der Waals surface area (Å²) < 4.78 is 6.12. The van der Waals surface area contributed by atoms with E-state index in [1.807, 2.05) is 7.11 Å². The minimum absolute atomic E-state index is 0.265. The highest BCUT2D eigenvalue weighted by Gasteiger charge is 2.38. The molecule has 0 aliphatic carbocycles. The zero-order chi connectivity index (χ0) is 17.5. The Morgan fingerprint density at radius 1 is 1.00 bits per heavy atom. The van der Waals surface area contributed by atoms with Gasteiger partial charge in [-0.2, -0.15) is 0 Å². The van der Waals surface area contributed by atoms with Crippen LogP contribution >= 0.6 is 0 Å². The van der Waals surface area contributed by atoms with E-state index < -0.39 is 8.32 Å². The van der Waals surface area contributed by atoms with Crippen LogP contribution in [0.4, 0.5) is 0 Å². The number of rotatable bonds is 10. The molecule has 132 valence electrons. The van der Waals surface area contributed by atoms with Gasteiger partial charge >= 0.3 is 0 Å². The van der Waals surface area contributed by atoms with Gasteiger partial charge in [-0.05, 0) is 64.2 Å². The molecule has 0 aliphatic rings. The zero-order valence-corrected chi connectivity index (χ0v) is 17.2. The molecule has 1 aromatic carbocycles. The Morgan fingerprint density at radius 2 is 1.52 bits per heavy atom. The molecule has 0 fully saturated rings. The van der Waals surface area contributed by atoms with Crippen molar-refractivity contribution >= 4 is 8.32 Å². The average molecular weight is 337 g/mol. The van der Waals surface area contributed by atoms with Crippen molar-refractivity contribution in [3.05, 3.63) is 35.9 Å². The van der Waals surface area contributed by atoms with Crippen molar-refractivity contribution in [2.75, 3.05) is 48.4 Å². The van der Waals surface area contributed by atoms with Gasteiger partial charge in [0.1, 0.15) is 0 Å². The van der Waals surface area contributed by atoms with Crippen LogP contribution in [0, 0.1) is 5.41 Å². The highest BCUT2D eigenvalue weighted by atomic mass is 28.4. The monoisotopic (exact) mass is 336 g/mol. The van der Waals surface area contributed by atoms with Crippen LogP contribution in [-0.2, 0) is 10.8 Å². The first kappa shape index (κ1) is 20.4. The summed E-state index contributed by atoms with van der Waals surface area (Å²) in [6, 6.07) is 13.2. The summed E-state index contributed by atoms with van der Waals surface area (Å²) in [6.07, 6.45) is 1.12. The molecule has 1 rings (SSSR count). The van der Waals surface area contributed by atoms with Gasteiger partial charge in [0, 0.05) is 20.2 Å². The second-order valence-corrected chi connectivity index (χ2v) is 12.3. The number of nitrogens with zero attached hydrogens (tertiary/aromatic N) is 2. The molecule has 4 heteroatoms. The van der Waals surface area contributed by atoms with E-state index in [-0.39, 0.29) is 5.41 Å². The highest BCUT2D eigenvalue weighted by Crippen LogP contribution is 2.33. The number of aryl methyl sites for hydroxylation is 1. The Bertz CT molecular complexity index is 440. The molecular weight excluding hydrogens is 300 g/mol. The highest BCUT2D eigenvalue weighted by molar-refractivity contribution is 6.72. The van der Waals surface area contributed by atoms with Crippen molar-refractivity contribution in [1.29, 1.82) is 0 Å². The van der Waals surface area contributed by atoms with Crippen molar-refractivity contribution in [3.63, 3.8) is 0 Å². The molecule has 1 atom stereocenters. The molecule has 23 heavy (non-hydrogen) atoms. The third-order valence-corrected chi connectivity index (χ3v) is 8.37. The Morgan fingerprint density at radius 3 is 1.96 bits per heavy atom. The van der Waals surface area contributed by atoms with Crippen LogP contribution in [0.15, 0.2) is 30.3 Å². The molecule has 1 unspecified atom stereocenters. The van der Waals surface area contributed by atoms with Crippen LogP contribution < -0.4 is 0 Å². The van der Waals surface area contributed by atoms with E-state index >= 15 is 0 Å². The maximum atomic E-state index is 6.12. The fraction of sp³-hybridized carbons (Fsp3) is 0.684. The van der Waals surface area contributed by atoms with E-state index in [4.69, 9.17) is 4.43 Å². The minimum atomic E-state index is -1.73. The summed E-state index contributed by atoms with van der Waals surface area (Å²) >= 11 is 0. The Balaban J connectivity index is 2.78. The van der Waals surface area contributed by atoms with Crippen molar-refractivity contribution in [2.45, 2.75) is 32.0 Å². The fourth-order valence-corrected chi connectivity index (χ4v) is 7.28. The van der Waals surface area contributed by atoms with E-state index in [0.717, 1.165) is 19.5 Å². The lowest BCUT2D eigenvalue weighted by atomic mass is 9.92. The molecule has 0 saturated heterocycles. The van der Waals surface area contributed by atoms with Gasteiger partial charge in [0.2, 0.25) is 0 Å². The Hall–Kier alpha value is -0.683. The van der Waals surface area contributed by atoms with E-state index in [2.05, 4.69) is 81.8 Å². The molecule has 0 saturated carbocycles. The van der Waals surface area contributed by atoms with E-state index in [0.29, 0.717) is 0 Å². The normalized spacial score (nSPS) is 15.2. The number of benzene rings is 1. The molecule has 0 spiro atoms. The first-order valence-electron chi connectivity index (χ1n) is 8.57. The zero-order valence-electron chi connectivity index (χ0n) is 16.2. The Kier molecular flexibility index (Phi) is 7.94. The van der Waals surface area contributed by atoms with E-state index in [1.165, 1.54) is 17.7 Å². The smallest absolute Gasteiger partial charge is 0.190 e. The predicted molar refractivity (Wildman–Crippen MR) is 104 cm³/mol. The summed E-state index contributed by atoms with van der Waals surface area (Å²) in [5.74, 6) is 0. The maximum Gasteiger partial charge on any atom is 0.190 e. The molecule has 1 aromatic rings.